The van der Waals surface area contributed by atoms with Crippen LogP contribution in [0.3, 0.4) is 0 Å². The van der Waals surface area contributed by atoms with Crippen molar-refractivity contribution in [1.82, 2.24) is 20.0 Å². The fraction of sp³-hybridized carbons (Fsp3) is 0.577. The monoisotopic (exact) mass is 548 g/mol. The lowest BCUT2D eigenvalue weighted by molar-refractivity contribution is -0.143. The van der Waals surface area contributed by atoms with Crippen molar-refractivity contribution in [3.8, 4) is 0 Å². The van der Waals surface area contributed by atoms with Gasteiger partial charge in [-0.05, 0) is 51.8 Å². The zero-order valence-corrected chi connectivity index (χ0v) is 23.2. The quantitative estimate of drug-likeness (QED) is 0.573. The molecule has 1 aromatic carbocycles. The van der Waals surface area contributed by atoms with E-state index in [2.05, 4.69) is 5.32 Å². The van der Waals surface area contributed by atoms with Crippen LogP contribution in [0.1, 0.15) is 50.4 Å². The van der Waals surface area contributed by atoms with Crippen molar-refractivity contribution in [2.45, 2.75) is 68.7 Å². The number of ether oxygens (including phenoxy) is 1. The molecule has 2 N–H and O–H groups in total. The van der Waals surface area contributed by atoms with Crippen LogP contribution < -0.4 is 5.32 Å². The molecular weight excluding hydrogens is 512 g/mol. The third kappa shape index (κ3) is 7.62. The average Bonchev–Trinajstić information content (AvgIpc) is 3.22. The van der Waals surface area contributed by atoms with Crippen molar-refractivity contribution in [3.63, 3.8) is 0 Å². The minimum absolute atomic E-state index is 0.0857. The summed E-state index contributed by atoms with van der Waals surface area (Å²) in [5.41, 5.74) is -0.320. The first kappa shape index (κ1) is 29.3. The van der Waals surface area contributed by atoms with Gasteiger partial charge >= 0.3 is 12.1 Å². The number of thioether (sulfide) groups is 1. The Hall–Kier alpha value is -3.28. The molecule has 0 saturated carbocycles. The Kier molecular flexibility index (Phi) is 9.29. The van der Waals surface area contributed by atoms with Gasteiger partial charge in [0.15, 0.2) is 0 Å². The molecule has 2 bridgehead atoms. The number of hydrogen-bond donors (Lipinski definition) is 2. The Bertz CT molecular complexity index is 1090. The minimum atomic E-state index is -1.21. The lowest BCUT2D eigenvalue weighted by Crippen LogP contribution is -2.46. The third-order valence-corrected chi connectivity index (χ3v) is 7.62. The third-order valence-electron chi connectivity index (χ3n) is 6.48. The maximum atomic E-state index is 13.3. The van der Waals surface area contributed by atoms with E-state index in [0.29, 0.717) is 17.7 Å². The van der Waals surface area contributed by atoms with E-state index in [1.54, 1.807) is 43.9 Å². The van der Waals surface area contributed by atoms with Crippen molar-refractivity contribution in [3.05, 3.63) is 29.8 Å². The molecule has 2 aliphatic rings. The van der Waals surface area contributed by atoms with Gasteiger partial charge in [-0.2, -0.15) is 0 Å². The number of carboxylic acids is 1. The van der Waals surface area contributed by atoms with Gasteiger partial charge in [-0.1, -0.05) is 6.07 Å². The van der Waals surface area contributed by atoms with Gasteiger partial charge in [0.1, 0.15) is 11.6 Å². The summed E-state index contributed by atoms with van der Waals surface area (Å²) < 4.78 is 5.37. The van der Waals surface area contributed by atoms with Crippen LogP contribution in [0.4, 0.5) is 4.79 Å². The molecule has 3 rings (SSSR count). The molecule has 11 nitrogen and oxygen atoms in total. The number of carboxylic acid groups (broad SMARTS) is 1. The minimum Gasteiger partial charge on any atom is -0.480 e. The van der Waals surface area contributed by atoms with Crippen LogP contribution in [-0.4, -0.2) is 106 Å². The van der Waals surface area contributed by atoms with Crippen LogP contribution in [0.25, 0.3) is 0 Å². The van der Waals surface area contributed by atoms with Crippen LogP contribution in [0.15, 0.2) is 29.2 Å². The molecule has 38 heavy (non-hydrogen) atoms. The summed E-state index contributed by atoms with van der Waals surface area (Å²) >= 11 is 1.46. The average molecular weight is 549 g/mol. The van der Waals surface area contributed by atoms with Crippen LogP contribution in [0, 0.1) is 0 Å². The van der Waals surface area contributed by atoms with Gasteiger partial charge < -0.3 is 29.9 Å². The van der Waals surface area contributed by atoms with Crippen molar-refractivity contribution >= 4 is 41.5 Å². The smallest absolute Gasteiger partial charge is 0.407 e. The summed E-state index contributed by atoms with van der Waals surface area (Å²) in [5, 5.41) is 12.6. The topological polar surface area (TPSA) is 137 Å². The Morgan fingerprint density at radius 2 is 1.84 bits per heavy atom. The molecule has 3 atom stereocenters. The Morgan fingerprint density at radius 3 is 2.50 bits per heavy atom. The van der Waals surface area contributed by atoms with Crippen LogP contribution in [0.2, 0.25) is 0 Å². The van der Waals surface area contributed by atoms with E-state index in [1.165, 1.54) is 30.8 Å². The summed E-state index contributed by atoms with van der Waals surface area (Å²) in [4.78, 5) is 68.3. The molecule has 0 aromatic heterocycles. The molecule has 4 amide bonds. The van der Waals surface area contributed by atoms with Crippen molar-refractivity contribution < 1.29 is 33.8 Å². The first-order valence-electron chi connectivity index (χ1n) is 12.5. The number of amides is 4. The maximum absolute atomic E-state index is 13.3. The molecule has 208 valence electrons. The van der Waals surface area contributed by atoms with Gasteiger partial charge in [0.2, 0.25) is 11.8 Å². The number of benzene rings is 1. The Labute approximate surface area is 226 Å². The molecule has 1 aromatic rings. The highest BCUT2D eigenvalue weighted by molar-refractivity contribution is 7.99. The van der Waals surface area contributed by atoms with Crippen molar-refractivity contribution in [2.24, 2.45) is 0 Å². The number of rotatable bonds is 2. The number of likely N-dealkylation sites (N-methyl/N-ethyl adjacent to an activating group) is 2. The van der Waals surface area contributed by atoms with Crippen molar-refractivity contribution in [2.75, 3.05) is 32.9 Å². The van der Waals surface area contributed by atoms with Crippen LogP contribution in [0.5, 0.6) is 0 Å². The number of fused-ring (bicyclic) bond motifs is 3. The zero-order valence-electron chi connectivity index (χ0n) is 22.4. The number of carbonyl (C=O) groups excluding carboxylic acids is 4. The summed E-state index contributed by atoms with van der Waals surface area (Å²) in [6, 6.07) is 5.17. The van der Waals surface area contributed by atoms with E-state index in [-0.39, 0.29) is 43.9 Å². The summed E-state index contributed by atoms with van der Waals surface area (Å²) in [6.45, 7) is 5.41. The first-order valence-corrected chi connectivity index (χ1v) is 13.5. The first-order chi connectivity index (χ1) is 17.7. The van der Waals surface area contributed by atoms with E-state index >= 15 is 0 Å². The Morgan fingerprint density at radius 1 is 1.13 bits per heavy atom. The SMILES string of the molecule is CN1CC(=O)N2C[C@H](NC(=O)OC(C)(C)C)C[C@H]2CSc2cccc(c2)C(=O)N(C)[C@H](C(=O)O)CCC1=O. The number of hydrogen-bond acceptors (Lipinski definition) is 7. The molecular formula is C26H36N4O7S. The number of carbonyl (C=O) groups is 5. The lowest BCUT2D eigenvalue weighted by atomic mass is 10.1. The summed E-state index contributed by atoms with van der Waals surface area (Å²) in [7, 11) is 2.91. The van der Waals surface area contributed by atoms with Gasteiger partial charge in [-0.15, -0.1) is 11.8 Å². The zero-order chi connectivity index (χ0) is 28.2. The molecule has 0 unspecified atom stereocenters. The number of aliphatic carboxylic acids is 1. The second-order valence-electron chi connectivity index (χ2n) is 10.7. The summed E-state index contributed by atoms with van der Waals surface area (Å²) in [5.74, 6) is -1.81. The molecule has 2 aliphatic heterocycles. The molecule has 0 spiro atoms. The van der Waals surface area contributed by atoms with E-state index in [0.717, 1.165) is 9.80 Å². The normalized spacial score (nSPS) is 23.8. The van der Waals surface area contributed by atoms with E-state index in [4.69, 9.17) is 4.74 Å². The molecule has 0 aliphatic carbocycles. The lowest BCUT2D eigenvalue weighted by Gasteiger charge is -2.28. The second kappa shape index (κ2) is 12.1. The van der Waals surface area contributed by atoms with Crippen LogP contribution >= 0.6 is 11.8 Å². The molecule has 2 heterocycles. The molecule has 0 radical (unpaired) electrons. The number of alkyl carbamates (subject to hydrolysis) is 1. The van der Waals surface area contributed by atoms with Gasteiger partial charge in [-0.25, -0.2) is 9.59 Å². The largest absolute Gasteiger partial charge is 0.480 e. The molecule has 1 fully saturated rings. The fourth-order valence-corrected chi connectivity index (χ4v) is 5.62. The molecule has 1 saturated heterocycles. The predicted octanol–water partition coefficient (Wildman–Crippen LogP) is 2.05. The summed E-state index contributed by atoms with van der Waals surface area (Å²) in [6.07, 6.45) is -0.271. The van der Waals surface area contributed by atoms with Gasteiger partial charge in [-0.3, -0.25) is 14.4 Å². The van der Waals surface area contributed by atoms with Gasteiger partial charge in [0.05, 0.1) is 12.6 Å². The van der Waals surface area contributed by atoms with E-state index in [9.17, 15) is 29.1 Å². The van der Waals surface area contributed by atoms with Gasteiger partial charge in [0, 0.05) is 49.3 Å². The second-order valence-corrected chi connectivity index (χ2v) is 11.8. The highest BCUT2D eigenvalue weighted by Crippen LogP contribution is 2.28. The van der Waals surface area contributed by atoms with E-state index < -0.39 is 35.5 Å². The Balaban J connectivity index is 1.86. The predicted molar refractivity (Wildman–Crippen MR) is 141 cm³/mol. The highest BCUT2D eigenvalue weighted by Gasteiger charge is 2.37. The van der Waals surface area contributed by atoms with Gasteiger partial charge in [0.25, 0.3) is 5.91 Å². The maximum Gasteiger partial charge on any atom is 0.407 e. The highest BCUT2D eigenvalue weighted by atomic mass is 32.2. The fourth-order valence-electron chi connectivity index (χ4n) is 4.53. The van der Waals surface area contributed by atoms with Crippen molar-refractivity contribution in [1.29, 1.82) is 0 Å². The standard InChI is InChI=1S/C26H36N4O7S/c1-26(2,3)37-25(36)27-17-12-18-15-38-19-8-6-7-16(11-19)23(33)29(5)20(24(34)35)9-10-21(31)28(4)14-22(32)30(18)13-17/h6-8,11,17-18,20H,9-10,12-15H2,1-5H3,(H,27,36)(H,34,35)/t17-,18+,20+/m1/s1. The number of nitrogens with one attached hydrogen (secondary N) is 1. The molecule has 12 heteroatoms. The number of nitrogens with zero attached hydrogens (tertiary/aromatic N) is 3. The van der Waals surface area contributed by atoms with E-state index in [1.807, 2.05) is 6.07 Å². The van der Waals surface area contributed by atoms with Crippen LogP contribution in [-0.2, 0) is 19.1 Å².